The van der Waals surface area contributed by atoms with E-state index in [2.05, 4.69) is 20.8 Å². The number of urea groups is 1. The number of nitrogens with one attached hydrogen (secondary N) is 2. The van der Waals surface area contributed by atoms with Gasteiger partial charge in [-0.05, 0) is 43.3 Å². The fourth-order valence-corrected chi connectivity index (χ4v) is 4.06. The van der Waals surface area contributed by atoms with Crippen molar-refractivity contribution in [1.29, 1.82) is 0 Å². The minimum Gasteiger partial charge on any atom is -0.497 e. The van der Waals surface area contributed by atoms with Crippen molar-refractivity contribution >= 4 is 40.4 Å². The lowest BCUT2D eigenvalue weighted by atomic mass is 10.2. The standard InChI is InChI=1S/C21H20N6O4S/c1-12(17(28)23-19(30)22-2)32-21-25-24-20-26(13-8-10-14(31-3)11-9-13)18(29)15-6-4-5-7-16(15)27(20)21/h4-12H,1-3H3,(H2,22,23,28,30). The number of benzene rings is 2. The molecule has 0 spiro atoms. The van der Waals surface area contributed by atoms with E-state index in [1.54, 1.807) is 60.9 Å². The van der Waals surface area contributed by atoms with Crippen LogP contribution in [0.15, 0.2) is 58.5 Å². The summed E-state index contributed by atoms with van der Waals surface area (Å²) in [6, 6.07) is 13.6. The van der Waals surface area contributed by atoms with Crippen molar-refractivity contribution in [1.82, 2.24) is 29.8 Å². The molecule has 2 aromatic heterocycles. The van der Waals surface area contributed by atoms with Crippen LogP contribution in [-0.4, -0.2) is 50.5 Å². The maximum absolute atomic E-state index is 13.3. The SMILES string of the molecule is CNC(=O)NC(=O)C(C)Sc1nnc2n(-c3ccc(OC)cc3)c(=O)c3ccccc3n12. The third-order valence-corrected chi connectivity index (χ3v) is 5.88. The first kappa shape index (κ1) is 21.4. The monoisotopic (exact) mass is 452 g/mol. The molecule has 164 valence electrons. The van der Waals surface area contributed by atoms with Crippen molar-refractivity contribution in [2.24, 2.45) is 0 Å². The lowest BCUT2D eigenvalue weighted by molar-refractivity contribution is -0.119. The van der Waals surface area contributed by atoms with Crippen molar-refractivity contribution in [2.45, 2.75) is 17.3 Å². The quantitative estimate of drug-likeness (QED) is 0.444. The number of para-hydroxylation sites is 1. The van der Waals surface area contributed by atoms with Gasteiger partial charge in [0.25, 0.3) is 5.56 Å². The van der Waals surface area contributed by atoms with Gasteiger partial charge in [-0.25, -0.2) is 9.36 Å². The van der Waals surface area contributed by atoms with Crippen LogP contribution in [0.4, 0.5) is 4.79 Å². The van der Waals surface area contributed by atoms with E-state index in [9.17, 15) is 14.4 Å². The number of rotatable bonds is 5. The Morgan fingerprint density at radius 3 is 2.50 bits per heavy atom. The molecule has 1 unspecified atom stereocenters. The molecule has 11 heteroatoms. The van der Waals surface area contributed by atoms with E-state index in [0.29, 0.717) is 33.3 Å². The van der Waals surface area contributed by atoms with Gasteiger partial charge in [-0.3, -0.25) is 19.3 Å². The van der Waals surface area contributed by atoms with Gasteiger partial charge in [-0.15, -0.1) is 10.2 Å². The van der Waals surface area contributed by atoms with E-state index in [0.717, 1.165) is 11.8 Å². The summed E-state index contributed by atoms with van der Waals surface area (Å²) in [6.45, 7) is 1.66. The summed E-state index contributed by atoms with van der Waals surface area (Å²) < 4.78 is 8.41. The summed E-state index contributed by atoms with van der Waals surface area (Å²) in [5.41, 5.74) is 0.970. The number of hydrogen-bond acceptors (Lipinski definition) is 7. The van der Waals surface area contributed by atoms with Crippen molar-refractivity contribution in [3.05, 3.63) is 58.9 Å². The van der Waals surface area contributed by atoms with Gasteiger partial charge in [0.1, 0.15) is 5.75 Å². The predicted octanol–water partition coefficient (Wildman–Crippen LogP) is 1.98. The summed E-state index contributed by atoms with van der Waals surface area (Å²) in [4.78, 5) is 37.1. The van der Waals surface area contributed by atoms with Crippen molar-refractivity contribution in [3.8, 4) is 11.4 Å². The number of amides is 3. The van der Waals surface area contributed by atoms with Crippen LogP contribution >= 0.6 is 11.8 Å². The molecule has 0 aliphatic carbocycles. The molecule has 0 aliphatic heterocycles. The zero-order valence-corrected chi connectivity index (χ0v) is 18.3. The van der Waals surface area contributed by atoms with Gasteiger partial charge in [0.2, 0.25) is 11.7 Å². The number of thioether (sulfide) groups is 1. The zero-order chi connectivity index (χ0) is 22.8. The van der Waals surface area contributed by atoms with Crippen LogP contribution in [0.2, 0.25) is 0 Å². The Morgan fingerprint density at radius 2 is 1.81 bits per heavy atom. The molecule has 0 saturated heterocycles. The highest BCUT2D eigenvalue weighted by Gasteiger charge is 2.23. The van der Waals surface area contributed by atoms with Crippen LogP contribution in [0.5, 0.6) is 5.75 Å². The maximum Gasteiger partial charge on any atom is 0.321 e. The van der Waals surface area contributed by atoms with Gasteiger partial charge >= 0.3 is 6.03 Å². The number of ether oxygens (including phenoxy) is 1. The molecule has 0 radical (unpaired) electrons. The molecular formula is C21H20N6O4S. The minimum absolute atomic E-state index is 0.243. The van der Waals surface area contributed by atoms with E-state index in [-0.39, 0.29) is 5.56 Å². The summed E-state index contributed by atoms with van der Waals surface area (Å²) in [5.74, 6) is 0.492. The average Bonchev–Trinajstić information content (AvgIpc) is 3.22. The number of hydrogen-bond donors (Lipinski definition) is 2. The molecule has 32 heavy (non-hydrogen) atoms. The van der Waals surface area contributed by atoms with Crippen LogP contribution in [-0.2, 0) is 4.79 Å². The number of carbonyl (C=O) groups excluding carboxylic acids is 2. The summed E-state index contributed by atoms with van der Waals surface area (Å²) in [6.07, 6.45) is 0. The van der Waals surface area contributed by atoms with Gasteiger partial charge in [0.15, 0.2) is 5.16 Å². The van der Waals surface area contributed by atoms with Crippen LogP contribution in [0.3, 0.4) is 0 Å². The predicted molar refractivity (Wildman–Crippen MR) is 121 cm³/mol. The fraction of sp³-hybridized carbons (Fsp3) is 0.190. The molecule has 2 N–H and O–H groups in total. The largest absolute Gasteiger partial charge is 0.497 e. The van der Waals surface area contributed by atoms with Crippen LogP contribution in [0, 0.1) is 0 Å². The highest BCUT2D eigenvalue weighted by molar-refractivity contribution is 8.00. The van der Waals surface area contributed by atoms with Crippen LogP contribution in [0.1, 0.15) is 6.92 Å². The lowest BCUT2D eigenvalue weighted by Gasteiger charge is -2.13. The number of aromatic nitrogens is 4. The molecule has 2 aromatic carbocycles. The van der Waals surface area contributed by atoms with E-state index < -0.39 is 17.2 Å². The molecule has 0 fully saturated rings. The van der Waals surface area contributed by atoms with Crippen LogP contribution < -0.4 is 20.9 Å². The van der Waals surface area contributed by atoms with Crippen LogP contribution in [0.25, 0.3) is 22.4 Å². The average molecular weight is 452 g/mol. The maximum atomic E-state index is 13.3. The first-order valence-corrected chi connectivity index (χ1v) is 10.5. The van der Waals surface area contributed by atoms with Crippen molar-refractivity contribution in [3.63, 3.8) is 0 Å². The van der Waals surface area contributed by atoms with Crippen molar-refractivity contribution < 1.29 is 14.3 Å². The molecule has 1 atom stereocenters. The van der Waals surface area contributed by atoms with Gasteiger partial charge in [0.05, 0.1) is 29.0 Å². The highest BCUT2D eigenvalue weighted by Crippen LogP contribution is 2.26. The number of nitrogens with zero attached hydrogens (tertiary/aromatic N) is 4. The van der Waals surface area contributed by atoms with E-state index in [1.165, 1.54) is 11.6 Å². The fourth-order valence-electron chi connectivity index (χ4n) is 3.21. The second kappa shape index (κ2) is 8.71. The Balaban J connectivity index is 1.87. The third-order valence-electron chi connectivity index (χ3n) is 4.84. The van der Waals surface area contributed by atoms with Gasteiger partial charge in [-0.2, -0.15) is 0 Å². The Kier molecular flexibility index (Phi) is 5.82. The Labute approximate surface area is 186 Å². The topological polar surface area (TPSA) is 120 Å². The van der Waals surface area contributed by atoms with Gasteiger partial charge < -0.3 is 10.1 Å². The Bertz CT molecular complexity index is 1380. The Hall–Kier alpha value is -3.86. The molecule has 2 heterocycles. The third kappa shape index (κ3) is 3.78. The molecule has 4 rings (SSSR count). The second-order valence-corrected chi connectivity index (χ2v) is 8.11. The summed E-state index contributed by atoms with van der Waals surface area (Å²) >= 11 is 1.13. The Morgan fingerprint density at radius 1 is 1.09 bits per heavy atom. The first-order chi connectivity index (χ1) is 15.4. The first-order valence-electron chi connectivity index (χ1n) is 9.67. The van der Waals surface area contributed by atoms with Gasteiger partial charge in [0, 0.05) is 7.05 Å². The summed E-state index contributed by atoms with van der Waals surface area (Å²) in [7, 11) is 3.00. The minimum atomic E-state index is -0.639. The lowest BCUT2D eigenvalue weighted by Crippen LogP contribution is -2.41. The van der Waals surface area contributed by atoms with Crippen molar-refractivity contribution in [2.75, 3.05) is 14.2 Å². The zero-order valence-electron chi connectivity index (χ0n) is 17.5. The molecule has 4 aromatic rings. The van der Waals surface area contributed by atoms with E-state index >= 15 is 0 Å². The normalized spacial score (nSPS) is 12.0. The number of methoxy groups -OCH3 is 1. The molecule has 0 saturated carbocycles. The molecule has 0 aliphatic rings. The van der Waals surface area contributed by atoms with Gasteiger partial charge in [-0.1, -0.05) is 23.9 Å². The number of carbonyl (C=O) groups is 2. The second-order valence-electron chi connectivity index (χ2n) is 6.80. The molecule has 0 bridgehead atoms. The van der Waals surface area contributed by atoms with E-state index in [4.69, 9.17) is 4.74 Å². The highest BCUT2D eigenvalue weighted by atomic mass is 32.2. The summed E-state index contributed by atoms with van der Waals surface area (Å²) in [5, 5.41) is 13.3. The number of imide groups is 1. The molecule has 10 nitrogen and oxygen atoms in total. The number of fused-ring (bicyclic) bond motifs is 3. The van der Waals surface area contributed by atoms with E-state index in [1.807, 2.05) is 6.07 Å². The molecule has 3 amide bonds. The molecular weight excluding hydrogens is 432 g/mol. The smallest absolute Gasteiger partial charge is 0.321 e.